The summed E-state index contributed by atoms with van der Waals surface area (Å²) in [5, 5.41) is 31.0. The molecule has 1 heterocycles. The first-order valence-electron chi connectivity index (χ1n) is 6.05. The average Bonchev–Trinajstić information content (AvgIpc) is 2.93. The van der Waals surface area contributed by atoms with Crippen molar-refractivity contribution in [1.82, 2.24) is 25.5 Å². The number of aliphatic carboxylic acids is 1. The maximum Gasteiger partial charge on any atom is 0.326 e. The Morgan fingerprint density at radius 1 is 1.29 bits per heavy atom. The van der Waals surface area contributed by atoms with E-state index in [4.69, 9.17) is 5.11 Å². The molecular weight excluding hydrogens is 278 g/mol. The summed E-state index contributed by atoms with van der Waals surface area (Å²) < 4.78 is 1.19. The van der Waals surface area contributed by atoms with Crippen LogP contribution < -0.4 is 5.32 Å². The third kappa shape index (κ3) is 4.27. The molecule has 2 aromatic rings. The lowest BCUT2D eigenvalue weighted by atomic mass is 10.1. The lowest BCUT2D eigenvalue weighted by Gasteiger charge is -2.14. The van der Waals surface area contributed by atoms with E-state index in [1.165, 1.54) is 23.1 Å². The van der Waals surface area contributed by atoms with Gasteiger partial charge >= 0.3 is 5.97 Å². The van der Waals surface area contributed by atoms with Gasteiger partial charge in [0.05, 0.1) is 0 Å². The zero-order valence-electron chi connectivity index (χ0n) is 10.9. The van der Waals surface area contributed by atoms with E-state index < -0.39 is 17.9 Å². The Labute approximate surface area is 119 Å². The van der Waals surface area contributed by atoms with Gasteiger partial charge in [-0.3, -0.25) is 4.79 Å². The molecule has 0 aliphatic heterocycles. The Bertz CT molecular complexity index is 611. The second-order valence-electron chi connectivity index (χ2n) is 4.34. The number of nitrogens with zero attached hydrogens (tertiary/aromatic N) is 4. The Kier molecular flexibility index (Phi) is 4.44. The van der Waals surface area contributed by atoms with Crippen molar-refractivity contribution in [3.8, 4) is 5.75 Å². The molecule has 1 aromatic heterocycles. The van der Waals surface area contributed by atoms with Crippen LogP contribution in [0.25, 0.3) is 0 Å². The van der Waals surface area contributed by atoms with Gasteiger partial charge in [-0.15, -0.1) is 5.10 Å². The number of amides is 1. The Morgan fingerprint density at radius 2 is 2.00 bits per heavy atom. The average molecular weight is 291 g/mol. The van der Waals surface area contributed by atoms with Crippen LogP contribution in [0.4, 0.5) is 0 Å². The van der Waals surface area contributed by atoms with Crippen LogP contribution in [0.1, 0.15) is 5.56 Å². The highest BCUT2D eigenvalue weighted by atomic mass is 16.4. The van der Waals surface area contributed by atoms with Crippen molar-refractivity contribution < 1.29 is 19.8 Å². The number of carboxylic acids is 1. The van der Waals surface area contributed by atoms with Gasteiger partial charge in [0.2, 0.25) is 5.91 Å². The van der Waals surface area contributed by atoms with Crippen LogP contribution in [-0.2, 0) is 22.6 Å². The van der Waals surface area contributed by atoms with E-state index >= 15 is 0 Å². The van der Waals surface area contributed by atoms with Crippen molar-refractivity contribution in [2.24, 2.45) is 0 Å². The smallest absolute Gasteiger partial charge is 0.326 e. The third-order valence-corrected chi connectivity index (χ3v) is 2.71. The predicted octanol–water partition coefficient (Wildman–Crippen LogP) is -0.809. The normalized spacial score (nSPS) is 11.8. The van der Waals surface area contributed by atoms with Gasteiger partial charge in [0.1, 0.15) is 24.7 Å². The summed E-state index contributed by atoms with van der Waals surface area (Å²) in [6.07, 6.45) is 1.37. The molecule has 21 heavy (non-hydrogen) atoms. The summed E-state index contributed by atoms with van der Waals surface area (Å²) in [6, 6.07) is 5.03. The van der Waals surface area contributed by atoms with Gasteiger partial charge in [0.15, 0.2) is 0 Å². The molecule has 0 saturated carbocycles. The number of phenolic OH excluding ortho intramolecular Hbond substituents is 1. The van der Waals surface area contributed by atoms with Crippen LogP contribution >= 0.6 is 0 Å². The van der Waals surface area contributed by atoms with Gasteiger partial charge in [0.25, 0.3) is 0 Å². The minimum absolute atomic E-state index is 0.0911. The largest absolute Gasteiger partial charge is 0.508 e. The summed E-state index contributed by atoms with van der Waals surface area (Å²) in [7, 11) is 0. The van der Waals surface area contributed by atoms with E-state index in [-0.39, 0.29) is 18.7 Å². The Balaban J connectivity index is 1.97. The van der Waals surface area contributed by atoms with Crippen molar-refractivity contribution in [1.29, 1.82) is 0 Å². The molecule has 0 aliphatic carbocycles. The van der Waals surface area contributed by atoms with Crippen LogP contribution in [0.5, 0.6) is 5.75 Å². The number of carbonyl (C=O) groups is 2. The highest BCUT2D eigenvalue weighted by molar-refractivity contribution is 5.83. The predicted molar refractivity (Wildman–Crippen MR) is 69.2 cm³/mol. The molecule has 9 nitrogen and oxygen atoms in total. The van der Waals surface area contributed by atoms with Gasteiger partial charge in [0, 0.05) is 6.42 Å². The van der Waals surface area contributed by atoms with Crippen LogP contribution in [0.3, 0.4) is 0 Å². The van der Waals surface area contributed by atoms with E-state index in [9.17, 15) is 14.7 Å². The molecule has 0 bridgehead atoms. The number of carbonyl (C=O) groups excluding carboxylic acids is 1. The molecule has 9 heteroatoms. The number of carboxylic acid groups (broad SMARTS) is 1. The van der Waals surface area contributed by atoms with Crippen molar-refractivity contribution in [3.05, 3.63) is 36.2 Å². The number of tetrazole rings is 1. The maximum absolute atomic E-state index is 11.7. The van der Waals surface area contributed by atoms with Crippen molar-refractivity contribution >= 4 is 11.9 Å². The Hall–Kier alpha value is -2.97. The molecule has 2 rings (SSSR count). The molecule has 1 aromatic carbocycles. The first kappa shape index (κ1) is 14.4. The zero-order valence-corrected chi connectivity index (χ0v) is 10.9. The van der Waals surface area contributed by atoms with Crippen molar-refractivity contribution in [2.45, 2.75) is 19.0 Å². The first-order chi connectivity index (χ1) is 10.0. The quantitative estimate of drug-likeness (QED) is 0.634. The van der Waals surface area contributed by atoms with E-state index in [0.29, 0.717) is 5.56 Å². The topological polar surface area (TPSA) is 130 Å². The highest BCUT2D eigenvalue weighted by Gasteiger charge is 2.20. The van der Waals surface area contributed by atoms with Gasteiger partial charge in [-0.05, 0) is 28.1 Å². The summed E-state index contributed by atoms with van der Waals surface area (Å²) in [5.41, 5.74) is 0.683. The fourth-order valence-electron chi connectivity index (χ4n) is 1.71. The second kappa shape index (κ2) is 6.46. The molecule has 0 aliphatic rings. The van der Waals surface area contributed by atoms with Gasteiger partial charge in [-0.2, -0.15) is 0 Å². The minimum Gasteiger partial charge on any atom is -0.508 e. The first-order valence-corrected chi connectivity index (χ1v) is 6.05. The fourth-order valence-corrected chi connectivity index (χ4v) is 1.71. The maximum atomic E-state index is 11.7. The molecule has 0 fully saturated rings. The number of nitrogens with one attached hydrogen (secondary N) is 1. The SMILES string of the molecule is O=C(Cn1cnnn1)NC(Cc1ccc(O)cc1)C(=O)O. The van der Waals surface area contributed by atoms with Crippen LogP contribution in [0.2, 0.25) is 0 Å². The van der Waals surface area contributed by atoms with Crippen molar-refractivity contribution in [3.63, 3.8) is 0 Å². The summed E-state index contributed by atoms with van der Waals surface area (Å²) >= 11 is 0. The summed E-state index contributed by atoms with van der Waals surface area (Å²) in [6.45, 7) is -0.160. The van der Waals surface area contributed by atoms with E-state index in [1.807, 2.05) is 0 Å². The van der Waals surface area contributed by atoms with E-state index in [2.05, 4.69) is 20.8 Å². The summed E-state index contributed by atoms with van der Waals surface area (Å²) in [4.78, 5) is 22.9. The number of hydrogen-bond acceptors (Lipinski definition) is 6. The molecule has 1 amide bonds. The zero-order chi connectivity index (χ0) is 15.2. The van der Waals surface area contributed by atoms with Crippen LogP contribution in [0, 0.1) is 0 Å². The van der Waals surface area contributed by atoms with Gasteiger partial charge in [-0.25, -0.2) is 9.48 Å². The minimum atomic E-state index is -1.15. The number of rotatable bonds is 6. The molecule has 1 atom stereocenters. The number of aromatic hydroxyl groups is 1. The Morgan fingerprint density at radius 3 is 2.57 bits per heavy atom. The van der Waals surface area contributed by atoms with Crippen LogP contribution in [-0.4, -0.2) is 48.3 Å². The van der Waals surface area contributed by atoms with E-state index in [0.717, 1.165) is 0 Å². The third-order valence-electron chi connectivity index (χ3n) is 2.71. The van der Waals surface area contributed by atoms with Gasteiger partial charge in [-0.1, -0.05) is 12.1 Å². The van der Waals surface area contributed by atoms with Gasteiger partial charge < -0.3 is 15.5 Å². The van der Waals surface area contributed by atoms with Crippen molar-refractivity contribution in [2.75, 3.05) is 0 Å². The van der Waals surface area contributed by atoms with E-state index in [1.54, 1.807) is 12.1 Å². The highest BCUT2D eigenvalue weighted by Crippen LogP contribution is 2.11. The number of hydrogen-bond donors (Lipinski definition) is 3. The molecular formula is C12H13N5O4. The number of phenols is 1. The monoisotopic (exact) mass is 291 g/mol. The molecule has 0 saturated heterocycles. The number of benzene rings is 1. The molecule has 1 unspecified atom stereocenters. The lowest BCUT2D eigenvalue weighted by molar-refractivity contribution is -0.141. The molecule has 0 radical (unpaired) electrons. The summed E-state index contributed by atoms with van der Waals surface area (Å²) in [5.74, 6) is -1.56. The second-order valence-corrected chi connectivity index (χ2v) is 4.34. The van der Waals surface area contributed by atoms with Crippen LogP contribution in [0.15, 0.2) is 30.6 Å². The number of aromatic nitrogens is 4. The molecule has 110 valence electrons. The molecule has 0 spiro atoms. The standard InChI is InChI=1S/C12H13N5O4/c18-9-3-1-8(2-4-9)5-10(12(20)21)14-11(19)6-17-7-13-15-16-17/h1-4,7,10,18H,5-6H2,(H,14,19)(H,20,21). The lowest BCUT2D eigenvalue weighted by Crippen LogP contribution is -2.43. The fraction of sp³-hybridized carbons (Fsp3) is 0.250. The molecule has 3 N–H and O–H groups in total.